The zero-order valence-electron chi connectivity index (χ0n) is 15.6. The molecule has 29 heavy (non-hydrogen) atoms. The monoisotopic (exact) mass is 430 g/mol. The van der Waals surface area contributed by atoms with Crippen molar-refractivity contribution in [2.24, 2.45) is 0 Å². The predicted molar refractivity (Wildman–Crippen MR) is 115 cm³/mol. The van der Waals surface area contributed by atoms with Gasteiger partial charge in [-0.3, -0.25) is 9.59 Å². The maximum Gasteiger partial charge on any atom is 0.265 e. The first-order chi connectivity index (χ1) is 14.0. The van der Waals surface area contributed by atoms with Crippen LogP contribution >= 0.6 is 22.9 Å². The molecule has 0 saturated heterocycles. The smallest absolute Gasteiger partial charge is 0.265 e. The van der Waals surface area contributed by atoms with Gasteiger partial charge >= 0.3 is 0 Å². The Morgan fingerprint density at radius 2 is 1.86 bits per heavy atom. The molecule has 0 fully saturated rings. The molecule has 0 saturated carbocycles. The Labute approximate surface area is 177 Å². The molecular weight excluding hydrogens is 412 g/mol. The number of amides is 2. The molecule has 1 heterocycles. The van der Waals surface area contributed by atoms with Gasteiger partial charge in [0, 0.05) is 12.2 Å². The highest BCUT2D eigenvalue weighted by Gasteiger charge is 2.15. The average molecular weight is 431 g/mol. The number of nitrogens with one attached hydrogen (secondary N) is 2. The number of methoxy groups -OCH3 is 1. The van der Waals surface area contributed by atoms with E-state index in [-0.39, 0.29) is 18.4 Å². The minimum Gasteiger partial charge on any atom is -0.495 e. The Balaban J connectivity index is 1.78. The number of benzene rings is 2. The molecule has 0 unspecified atom stereocenters. The molecule has 0 aliphatic rings. The highest BCUT2D eigenvalue weighted by Crippen LogP contribution is 2.28. The van der Waals surface area contributed by atoms with Gasteiger partial charge in [0.2, 0.25) is 0 Å². The minimum atomic E-state index is -0.374. The molecule has 2 amide bonds. The number of rotatable bonds is 7. The molecule has 0 radical (unpaired) electrons. The van der Waals surface area contributed by atoms with Gasteiger partial charge in [0.15, 0.2) is 0 Å². The van der Waals surface area contributed by atoms with Crippen LogP contribution in [0, 0.1) is 0 Å². The highest BCUT2D eigenvalue weighted by molar-refractivity contribution is 7.12. The first-order valence-corrected chi connectivity index (χ1v) is 10.0. The molecule has 1 aromatic heterocycles. The fraction of sp³-hybridized carbons (Fsp3) is 0.143. The first kappa shape index (κ1) is 20.9. The summed E-state index contributed by atoms with van der Waals surface area (Å²) in [6.45, 7) is 0.0274. The van der Waals surface area contributed by atoms with Crippen molar-refractivity contribution in [3.05, 3.63) is 74.9 Å². The summed E-state index contributed by atoms with van der Waals surface area (Å²) in [6.07, 6.45) is 0.495. The van der Waals surface area contributed by atoms with E-state index < -0.39 is 0 Å². The van der Waals surface area contributed by atoms with Crippen LogP contribution in [0.3, 0.4) is 0 Å². The lowest BCUT2D eigenvalue weighted by Gasteiger charge is -2.13. The van der Waals surface area contributed by atoms with Crippen molar-refractivity contribution >= 4 is 46.1 Å². The third-order valence-electron chi connectivity index (χ3n) is 4.14. The van der Waals surface area contributed by atoms with Crippen LogP contribution in [0.2, 0.25) is 5.02 Å². The van der Waals surface area contributed by atoms with E-state index in [1.807, 2.05) is 6.07 Å². The number of carbonyl (C=O) groups excluding carboxylic acids is 2. The number of anilines is 2. The van der Waals surface area contributed by atoms with Crippen molar-refractivity contribution in [1.82, 2.24) is 0 Å². The minimum absolute atomic E-state index is 0.0274. The second kappa shape index (κ2) is 9.56. The highest BCUT2D eigenvalue weighted by atomic mass is 35.5. The van der Waals surface area contributed by atoms with Gasteiger partial charge in [-0.25, -0.2) is 0 Å². The molecule has 0 atom stereocenters. The molecule has 0 spiro atoms. The fourth-order valence-corrected chi connectivity index (χ4v) is 3.46. The van der Waals surface area contributed by atoms with Crippen LogP contribution in [0.15, 0.2) is 53.9 Å². The van der Waals surface area contributed by atoms with Gasteiger partial charge in [0.1, 0.15) is 5.75 Å². The van der Waals surface area contributed by atoms with E-state index >= 15 is 0 Å². The molecular formula is C21H19ClN2O4S. The molecule has 0 aliphatic heterocycles. The molecule has 3 rings (SSSR count). The van der Waals surface area contributed by atoms with Crippen LogP contribution in [0.4, 0.5) is 11.4 Å². The number of ether oxygens (including phenoxy) is 1. The second-order valence-electron chi connectivity index (χ2n) is 6.09. The Kier molecular flexibility index (Phi) is 6.87. The maximum absolute atomic E-state index is 12.7. The van der Waals surface area contributed by atoms with Gasteiger partial charge in [0.05, 0.1) is 28.4 Å². The van der Waals surface area contributed by atoms with Crippen LogP contribution in [-0.2, 0) is 6.42 Å². The number of hydrogen-bond acceptors (Lipinski definition) is 5. The molecule has 0 bridgehead atoms. The summed E-state index contributed by atoms with van der Waals surface area (Å²) in [5.74, 6) is -0.174. The summed E-state index contributed by atoms with van der Waals surface area (Å²) in [4.78, 5) is 25.5. The topological polar surface area (TPSA) is 87.7 Å². The van der Waals surface area contributed by atoms with Crippen LogP contribution < -0.4 is 15.4 Å². The predicted octanol–water partition coefficient (Wildman–Crippen LogP) is 4.45. The lowest BCUT2D eigenvalue weighted by Crippen LogP contribution is -2.15. The summed E-state index contributed by atoms with van der Waals surface area (Å²) >= 11 is 7.49. The number of carbonyl (C=O) groups is 2. The lowest BCUT2D eigenvalue weighted by molar-refractivity contribution is 0.101. The maximum atomic E-state index is 12.7. The Morgan fingerprint density at radius 3 is 2.55 bits per heavy atom. The van der Waals surface area contributed by atoms with E-state index in [0.717, 1.165) is 5.56 Å². The van der Waals surface area contributed by atoms with Gasteiger partial charge in [-0.2, -0.15) is 0 Å². The standard InChI is InChI=1S/C21H19ClN2O4S/c1-28-18-11-13(8-9-25)4-7-16(18)23-20(26)14-5-6-15(22)17(12-14)24-21(27)19-3-2-10-29-19/h2-7,10-12,25H,8-9H2,1H3,(H,23,26)(H,24,27). The van der Waals surface area contributed by atoms with Crippen molar-refractivity contribution < 1.29 is 19.4 Å². The molecule has 0 aliphatic carbocycles. The number of aliphatic hydroxyl groups is 1. The van der Waals surface area contributed by atoms with Crippen molar-refractivity contribution in [3.8, 4) is 5.75 Å². The van der Waals surface area contributed by atoms with E-state index in [9.17, 15) is 9.59 Å². The third-order valence-corrected chi connectivity index (χ3v) is 5.33. The van der Waals surface area contributed by atoms with E-state index in [2.05, 4.69) is 10.6 Å². The largest absolute Gasteiger partial charge is 0.495 e. The lowest BCUT2D eigenvalue weighted by atomic mass is 10.1. The SMILES string of the molecule is COc1cc(CCO)ccc1NC(=O)c1ccc(Cl)c(NC(=O)c2cccs2)c1. The molecule has 3 aromatic rings. The summed E-state index contributed by atoms with van der Waals surface area (Å²) in [7, 11) is 1.51. The van der Waals surface area contributed by atoms with Crippen LogP contribution in [0.1, 0.15) is 25.6 Å². The molecule has 150 valence electrons. The number of hydrogen-bond donors (Lipinski definition) is 3. The molecule has 8 heteroatoms. The first-order valence-electron chi connectivity index (χ1n) is 8.75. The molecule has 2 aromatic carbocycles. The Bertz CT molecular complexity index is 1020. The van der Waals surface area contributed by atoms with Gasteiger partial charge in [-0.05, 0) is 53.8 Å². The van der Waals surface area contributed by atoms with Crippen LogP contribution in [0.25, 0.3) is 0 Å². The average Bonchev–Trinajstić information content (AvgIpc) is 3.26. The third kappa shape index (κ3) is 5.14. The van der Waals surface area contributed by atoms with Gasteiger partial charge in [0.25, 0.3) is 11.8 Å². The zero-order chi connectivity index (χ0) is 20.8. The molecule has 3 N–H and O–H groups in total. The van der Waals surface area contributed by atoms with Crippen molar-refractivity contribution in [2.75, 3.05) is 24.4 Å². The number of halogens is 1. The summed E-state index contributed by atoms with van der Waals surface area (Å²) < 4.78 is 5.33. The van der Waals surface area contributed by atoms with Gasteiger partial charge in [-0.1, -0.05) is 23.7 Å². The van der Waals surface area contributed by atoms with Crippen molar-refractivity contribution in [2.45, 2.75) is 6.42 Å². The van der Waals surface area contributed by atoms with Crippen molar-refractivity contribution in [1.29, 1.82) is 0 Å². The zero-order valence-corrected chi connectivity index (χ0v) is 17.1. The second-order valence-corrected chi connectivity index (χ2v) is 7.44. The van der Waals surface area contributed by atoms with E-state index in [0.29, 0.717) is 39.0 Å². The Morgan fingerprint density at radius 1 is 1.07 bits per heavy atom. The number of aliphatic hydroxyl groups excluding tert-OH is 1. The summed E-state index contributed by atoms with van der Waals surface area (Å²) in [5.41, 5.74) is 2.08. The van der Waals surface area contributed by atoms with Crippen LogP contribution in [0.5, 0.6) is 5.75 Å². The van der Waals surface area contributed by atoms with E-state index in [1.54, 1.807) is 41.8 Å². The molecule has 6 nitrogen and oxygen atoms in total. The van der Waals surface area contributed by atoms with Crippen molar-refractivity contribution in [3.63, 3.8) is 0 Å². The quantitative estimate of drug-likeness (QED) is 0.516. The van der Waals surface area contributed by atoms with E-state index in [1.165, 1.54) is 24.5 Å². The Hall–Kier alpha value is -2.87. The number of thiophene rings is 1. The van der Waals surface area contributed by atoms with Crippen LogP contribution in [-0.4, -0.2) is 30.6 Å². The summed E-state index contributed by atoms with van der Waals surface area (Å²) in [6, 6.07) is 13.4. The fourth-order valence-electron chi connectivity index (χ4n) is 2.67. The van der Waals surface area contributed by atoms with Gasteiger partial charge in [-0.15, -0.1) is 11.3 Å². The normalized spacial score (nSPS) is 10.4. The van der Waals surface area contributed by atoms with Gasteiger partial charge < -0.3 is 20.5 Å². The van der Waals surface area contributed by atoms with E-state index in [4.69, 9.17) is 21.4 Å². The summed E-state index contributed by atoms with van der Waals surface area (Å²) in [5, 5.41) is 16.7.